The van der Waals surface area contributed by atoms with Crippen molar-refractivity contribution in [2.75, 3.05) is 26.7 Å². The molecule has 1 amide bonds. The highest BCUT2D eigenvalue weighted by molar-refractivity contribution is 5.79. The minimum absolute atomic E-state index is 0.101. The topological polar surface area (TPSA) is 62.5 Å². The standard InChI is InChI=1S/C24H26N4O2/c1-17-7-6-8-18(11-17)12-21(29)28-15-24(16-28)13-20(27(2)14-24)23-25-22(26-30-23)19-9-4-3-5-10-19/h3-11,20H,12-16H2,1-2H3. The van der Waals surface area contributed by atoms with Crippen LogP contribution in [0.2, 0.25) is 0 Å². The number of rotatable bonds is 4. The van der Waals surface area contributed by atoms with Crippen LogP contribution in [0.1, 0.15) is 29.5 Å². The van der Waals surface area contributed by atoms with Gasteiger partial charge in [0, 0.05) is 30.6 Å². The van der Waals surface area contributed by atoms with Gasteiger partial charge in [0.05, 0.1) is 12.5 Å². The summed E-state index contributed by atoms with van der Waals surface area (Å²) in [6.45, 7) is 4.60. The zero-order valence-electron chi connectivity index (χ0n) is 17.4. The molecule has 3 aromatic rings. The first kappa shape index (κ1) is 19.0. The Morgan fingerprint density at radius 1 is 1.13 bits per heavy atom. The molecule has 1 unspecified atom stereocenters. The van der Waals surface area contributed by atoms with Crippen molar-refractivity contribution in [3.05, 3.63) is 71.6 Å². The summed E-state index contributed by atoms with van der Waals surface area (Å²) < 4.78 is 5.62. The minimum Gasteiger partial charge on any atom is -0.341 e. The van der Waals surface area contributed by atoms with Crippen LogP contribution in [0.4, 0.5) is 0 Å². The van der Waals surface area contributed by atoms with Crippen LogP contribution in [-0.2, 0) is 11.2 Å². The molecule has 0 saturated carbocycles. The number of aromatic nitrogens is 2. The molecule has 3 heterocycles. The summed E-state index contributed by atoms with van der Waals surface area (Å²) in [5, 5.41) is 4.18. The van der Waals surface area contributed by atoms with Gasteiger partial charge in [0.2, 0.25) is 17.6 Å². The molecule has 2 aromatic carbocycles. The van der Waals surface area contributed by atoms with Gasteiger partial charge in [-0.05, 0) is 26.0 Å². The number of hydrogen-bond donors (Lipinski definition) is 0. The van der Waals surface area contributed by atoms with Crippen LogP contribution in [0.5, 0.6) is 0 Å². The van der Waals surface area contributed by atoms with Crippen molar-refractivity contribution in [1.29, 1.82) is 0 Å². The number of carbonyl (C=O) groups excluding carboxylic acids is 1. The molecule has 2 fully saturated rings. The van der Waals surface area contributed by atoms with Gasteiger partial charge in [-0.1, -0.05) is 65.3 Å². The molecule has 6 heteroatoms. The third-order valence-electron chi connectivity index (χ3n) is 6.35. The van der Waals surface area contributed by atoms with E-state index < -0.39 is 0 Å². The second-order valence-corrected chi connectivity index (χ2v) is 8.87. The lowest BCUT2D eigenvalue weighted by Crippen LogP contribution is -2.59. The fraction of sp³-hybridized carbons (Fsp3) is 0.375. The highest BCUT2D eigenvalue weighted by Gasteiger charge is 2.53. The molecule has 2 saturated heterocycles. The molecule has 154 valence electrons. The molecule has 0 N–H and O–H groups in total. The smallest absolute Gasteiger partial charge is 0.244 e. The number of nitrogens with zero attached hydrogens (tertiary/aromatic N) is 4. The van der Waals surface area contributed by atoms with Crippen molar-refractivity contribution >= 4 is 5.91 Å². The third-order valence-corrected chi connectivity index (χ3v) is 6.35. The van der Waals surface area contributed by atoms with Crippen LogP contribution in [0, 0.1) is 12.3 Å². The van der Waals surface area contributed by atoms with Gasteiger partial charge in [-0.15, -0.1) is 0 Å². The Kier molecular flexibility index (Phi) is 4.66. The molecular formula is C24H26N4O2. The average molecular weight is 402 g/mol. The highest BCUT2D eigenvalue weighted by atomic mass is 16.5. The molecule has 0 bridgehead atoms. The molecule has 2 aliphatic heterocycles. The van der Waals surface area contributed by atoms with Gasteiger partial charge in [-0.25, -0.2) is 0 Å². The highest BCUT2D eigenvalue weighted by Crippen LogP contribution is 2.47. The maximum atomic E-state index is 12.7. The molecule has 0 radical (unpaired) electrons. The van der Waals surface area contributed by atoms with E-state index in [0.717, 1.165) is 37.2 Å². The van der Waals surface area contributed by atoms with Gasteiger partial charge >= 0.3 is 0 Å². The molecule has 1 atom stereocenters. The first-order valence-corrected chi connectivity index (χ1v) is 10.4. The number of benzene rings is 2. The lowest BCUT2D eigenvalue weighted by Gasteiger charge is -2.48. The zero-order valence-corrected chi connectivity index (χ0v) is 17.4. The van der Waals surface area contributed by atoms with Crippen molar-refractivity contribution in [2.24, 2.45) is 5.41 Å². The van der Waals surface area contributed by atoms with Gasteiger partial charge in [0.25, 0.3) is 0 Å². The van der Waals surface area contributed by atoms with Crippen molar-refractivity contribution in [2.45, 2.75) is 25.8 Å². The average Bonchev–Trinajstić information content (AvgIpc) is 3.32. The largest absolute Gasteiger partial charge is 0.341 e. The Labute approximate surface area is 176 Å². The molecule has 2 aliphatic rings. The van der Waals surface area contributed by atoms with Gasteiger partial charge in [-0.2, -0.15) is 4.98 Å². The SMILES string of the molecule is Cc1cccc(CC(=O)N2CC3(CC(c4nc(-c5ccccc5)no4)N(C)C3)C2)c1. The predicted molar refractivity (Wildman–Crippen MR) is 114 cm³/mol. The van der Waals surface area contributed by atoms with Crippen molar-refractivity contribution in [1.82, 2.24) is 19.9 Å². The number of aryl methyl sites for hydroxylation is 1. The van der Waals surface area contributed by atoms with E-state index in [-0.39, 0.29) is 17.4 Å². The van der Waals surface area contributed by atoms with E-state index in [9.17, 15) is 4.79 Å². The Bertz CT molecular complexity index is 1060. The summed E-state index contributed by atoms with van der Waals surface area (Å²) in [6.07, 6.45) is 1.41. The van der Waals surface area contributed by atoms with E-state index in [0.29, 0.717) is 18.1 Å². The van der Waals surface area contributed by atoms with Gasteiger partial charge in [0.15, 0.2) is 0 Å². The lowest BCUT2D eigenvalue weighted by atomic mass is 9.77. The summed E-state index contributed by atoms with van der Waals surface area (Å²) in [4.78, 5) is 21.6. The summed E-state index contributed by atoms with van der Waals surface area (Å²) in [5.74, 6) is 1.50. The maximum Gasteiger partial charge on any atom is 0.244 e. The first-order chi connectivity index (χ1) is 14.5. The predicted octanol–water partition coefficient (Wildman–Crippen LogP) is 3.49. The Morgan fingerprint density at radius 3 is 2.70 bits per heavy atom. The molecule has 1 aromatic heterocycles. The molecule has 1 spiro atoms. The normalized spacial score (nSPS) is 20.5. The first-order valence-electron chi connectivity index (χ1n) is 10.4. The Balaban J connectivity index is 1.23. The van der Waals surface area contributed by atoms with Gasteiger partial charge < -0.3 is 9.42 Å². The zero-order chi connectivity index (χ0) is 20.7. The van der Waals surface area contributed by atoms with Crippen molar-refractivity contribution in [3.63, 3.8) is 0 Å². The maximum absolute atomic E-state index is 12.7. The number of likely N-dealkylation sites (tertiary alicyclic amines) is 2. The van der Waals surface area contributed by atoms with Crippen LogP contribution in [-0.4, -0.2) is 52.5 Å². The fourth-order valence-electron chi connectivity index (χ4n) is 4.90. The summed E-state index contributed by atoms with van der Waals surface area (Å²) in [7, 11) is 2.10. The summed E-state index contributed by atoms with van der Waals surface area (Å²) in [6, 6.07) is 18.2. The molecule has 5 rings (SSSR count). The van der Waals surface area contributed by atoms with E-state index in [2.05, 4.69) is 41.1 Å². The van der Waals surface area contributed by atoms with Gasteiger partial charge in [-0.3, -0.25) is 9.69 Å². The van der Waals surface area contributed by atoms with Crippen LogP contribution in [0.15, 0.2) is 59.1 Å². The van der Waals surface area contributed by atoms with Crippen LogP contribution >= 0.6 is 0 Å². The van der Waals surface area contributed by atoms with Crippen LogP contribution < -0.4 is 0 Å². The number of hydrogen-bond acceptors (Lipinski definition) is 5. The second kappa shape index (κ2) is 7.36. The molecule has 6 nitrogen and oxygen atoms in total. The third kappa shape index (κ3) is 3.52. The van der Waals surface area contributed by atoms with E-state index >= 15 is 0 Å². The summed E-state index contributed by atoms with van der Waals surface area (Å²) >= 11 is 0. The Morgan fingerprint density at radius 2 is 1.93 bits per heavy atom. The quantitative estimate of drug-likeness (QED) is 0.668. The summed E-state index contributed by atoms with van der Waals surface area (Å²) in [5.41, 5.74) is 3.36. The molecular weight excluding hydrogens is 376 g/mol. The van der Waals surface area contributed by atoms with E-state index in [1.54, 1.807) is 0 Å². The monoisotopic (exact) mass is 402 g/mol. The van der Waals surface area contributed by atoms with Gasteiger partial charge in [0.1, 0.15) is 0 Å². The second-order valence-electron chi connectivity index (χ2n) is 8.87. The number of amides is 1. The van der Waals surface area contributed by atoms with Crippen LogP contribution in [0.25, 0.3) is 11.4 Å². The number of carbonyl (C=O) groups is 1. The van der Waals surface area contributed by atoms with Crippen LogP contribution in [0.3, 0.4) is 0 Å². The lowest BCUT2D eigenvalue weighted by molar-refractivity contribution is -0.141. The van der Waals surface area contributed by atoms with E-state index in [1.807, 2.05) is 47.4 Å². The van der Waals surface area contributed by atoms with E-state index in [1.165, 1.54) is 5.56 Å². The fourth-order valence-corrected chi connectivity index (χ4v) is 4.90. The van der Waals surface area contributed by atoms with E-state index in [4.69, 9.17) is 4.52 Å². The molecule has 30 heavy (non-hydrogen) atoms. The van der Waals surface area contributed by atoms with Crippen molar-refractivity contribution in [3.8, 4) is 11.4 Å². The van der Waals surface area contributed by atoms with Crippen molar-refractivity contribution < 1.29 is 9.32 Å². The molecule has 0 aliphatic carbocycles. The Hall–Kier alpha value is -2.99. The minimum atomic E-state index is 0.101.